The summed E-state index contributed by atoms with van der Waals surface area (Å²) in [5, 5.41) is 0. The Kier molecular flexibility index (Phi) is 4.81. The maximum absolute atomic E-state index is 11.8. The van der Waals surface area contributed by atoms with Crippen LogP contribution in [-0.2, 0) is 4.79 Å². The fourth-order valence-electron chi connectivity index (χ4n) is 2.19. The molecule has 4 heteroatoms. The van der Waals surface area contributed by atoms with Crippen molar-refractivity contribution in [3.05, 3.63) is 18.2 Å². The molecule has 4 nitrogen and oxygen atoms in total. The van der Waals surface area contributed by atoms with Crippen molar-refractivity contribution >= 4 is 17.3 Å². The fourth-order valence-corrected chi connectivity index (χ4v) is 2.19. The third-order valence-corrected chi connectivity index (χ3v) is 2.77. The second kappa shape index (κ2) is 5.95. The number of nitrogen functional groups attached to an aromatic ring is 2. The van der Waals surface area contributed by atoms with Gasteiger partial charge < -0.3 is 16.2 Å². The van der Waals surface area contributed by atoms with Gasteiger partial charge in [-0.25, -0.2) is 0 Å². The van der Waals surface area contributed by atoms with Crippen LogP contribution >= 0.6 is 0 Å². The Morgan fingerprint density at radius 3 is 2.42 bits per heavy atom. The van der Waals surface area contributed by atoms with Gasteiger partial charge in [-0.3, -0.25) is 4.79 Å². The molecule has 0 amide bonds. The zero-order chi connectivity index (χ0) is 14.6. The number of esters is 1. The summed E-state index contributed by atoms with van der Waals surface area (Å²) in [6.07, 6.45) is 1.38. The Balaban J connectivity index is 2.53. The second-order valence-corrected chi connectivity index (χ2v) is 6.34. The van der Waals surface area contributed by atoms with Crippen LogP contribution in [0.3, 0.4) is 0 Å². The summed E-state index contributed by atoms with van der Waals surface area (Å²) < 4.78 is 5.26. The molecule has 0 aromatic heterocycles. The van der Waals surface area contributed by atoms with Crippen LogP contribution in [0.1, 0.15) is 40.5 Å². The molecule has 0 radical (unpaired) electrons. The molecule has 0 aliphatic heterocycles. The van der Waals surface area contributed by atoms with E-state index in [9.17, 15) is 4.79 Å². The molecule has 0 bridgehead atoms. The van der Waals surface area contributed by atoms with Gasteiger partial charge >= 0.3 is 5.97 Å². The lowest BCUT2D eigenvalue weighted by atomic mass is 9.84. The van der Waals surface area contributed by atoms with Crippen molar-refractivity contribution in [2.75, 3.05) is 11.5 Å². The number of hydrogen-bond acceptors (Lipinski definition) is 4. The maximum atomic E-state index is 11.8. The van der Waals surface area contributed by atoms with Crippen molar-refractivity contribution in [2.24, 2.45) is 11.3 Å². The van der Waals surface area contributed by atoms with E-state index in [1.165, 1.54) is 0 Å². The molecular weight excluding hydrogens is 240 g/mol. The normalized spacial score (nSPS) is 13.1. The zero-order valence-corrected chi connectivity index (χ0v) is 12.2. The molecule has 0 aliphatic carbocycles. The molecule has 1 unspecified atom stereocenters. The van der Waals surface area contributed by atoms with E-state index < -0.39 is 0 Å². The summed E-state index contributed by atoms with van der Waals surface area (Å²) in [4.78, 5) is 11.8. The van der Waals surface area contributed by atoms with Gasteiger partial charge in [0.25, 0.3) is 0 Å². The summed E-state index contributed by atoms with van der Waals surface area (Å²) in [7, 11) is 0. The summed E-state index contributed by atoms with van der Waals surface area (Å²) in [5.41, 5.74) is 12.4. The molecule has 1 rings (SSSR count). The van der Waals surface area contributed by atoms with Crippen molar-refractivity contribution in [2.45, 2.75) is 40.5 Å². The van der Waals surface area contributed by atoms with E-state index in [2.05, 4.69) is 27.7 Å². The lowest BCUT2D eigenvalue weighted by Gasteiger charge is -2.22. The number of rotatable bonds is 4. The van der Waals surface area contributed by atoms with Crippen molar-refractivity contribution in [1.82, 2.24) is 0 Å². The summed E-state index contributed by atoms with van der Waals surface area (Å²) >= 11 is 0. The van der Waals surface area contributed by atoms with Gasteiger partial charge in [-0.15, -0.1) is 0 Å². The minimum absolute atomic E-state index is 0.214. The van der Waals surface area contributed by atoms with E-state index in [0.717, 1.165) is 6.42 Å². The van der Waals surface area contributed by atoms with E-state index in [-0.39, 0.29) is 11.4 Å². The molecule has 0 saturated heterocycles. The first-order chi connectivity index (χ1) is 8.67. The van der Waals surface area contributed by atoms with Crippen molar-refractivity contribution in [3.63, 3.8) is 0 Å². The van der Waals surface area contributed by atoms with Crippen LogP contribution in [0.15, 0.2) is 18.2 Å². The third kappa shape index (κ3) is 5.64. The Hall–Kier alpha value is -1.71. The highest BCUT2D eigenvalue weighted by Gasteiger charge is 2.18. The zero-order valence-electron chi connectivity index (χ0n) is 12.2. The predicted molar refractivity (Wildman–Crippen MR) is 78.8 cm³/mol. The molecule has 0 heterocycles. The quantitative estimate of drug-likeness (QED) is 0.497. The van der Waals surface area contributed by atoms with Gasteiger partial charge in [0.1, 0.15) is 5.75 Å². The number of anilines is 2. The minimum Gasteiger partial charge on any atom is -0.426 e. The van der Waals surface area contributed by atoms with Gasteiger partial charge in [0.2, 0.25) is 0 Å². The van der Waals surface area contributed by atoms with E-state index >= 15 is 0 Å². The number of carbonyl (C=O) groups is 1. The summed E-state index contributed by atoms with van der Waals surface area (Å²) in [5.74, 6) is 0.499. The van der Waals surface area contributed by atoms with E-state index in [0.29, 0.717) is 29.5 Å². The van der Waals surface area contributed by atoms with Crippen LogP contribution in [0.2, 0.25) is 0 Å². The largest absolute Gasteiger partial charge is 0.426 e. The molecule has 0 aliphatic rings. The van der Waals surface area contributed by atoms with Crippen LogP contribution in [0.4, 0.5) is 11.4 Å². The predicted octanol–water partition coefficient (Wildman–Crippen LogP) is 3.22. The van der Waals surface area contributed by atoms with Crippen LogP contribution in [0, 0.1) is 11.3 Å². The van der Waals surface area contributed by atoms with Crippen molar-refractivity contribution < 1.29 is 9.53 Å². The third-order valence-electron chi connectivity index (χ3n) is 2.77. The average molecular weight is 264 g/mol. The van der Waals surface area contributed by atoms with Gasteiger partial charge in [0.15, 0.2) is 0 Å². The average Bonchev–Trinajstić information content (AvgIpc) is 2.20. The molecule has 0 saturated carbocycles. The number of nitrogens with two attached hydrogens (primary N) is 2. The van der Waals surface area contributed by atoms with Gasteiger partial charge in [0, 0.05) is 12.5 Å². The molecular formula is C15H24N2O2. The monoisotopic (exact) mass is 264 g/mol. The Bertz CT molecular complexity index is 450. The number of carbonyl (C=O) groups excluding carboxylic acids is 1. The number of benzene rings is 1. The Morgan fingerprint density at radius 2 is 1.89 bits per heavy atom. The first kappa shape index (κ1) is 15.3. The van der Waals surface area contributed by atoms with Gasteiger partial charge in [0.05, 0.1) is 11.4 Å². The van der Waals surface area contributed by atoms with Gasteiger partial charge in [-0.1, -0.05) is 27.7 Å². The minimum atomic E-state index is -0.235. The highest BCUT2D eigenvalue weighted by molar-refractivity contribution is 5.74. The summed E-state index contributed by atoms with van der Waals surface area (Å²) in [6, 6.07) is 4.86. The number of ether oxygens (including phenoxy) is 1. The van der Waals surface area contributed by atoms with E-state index in [1.807, 2.05) is 0 Å². The van der Waals surface area contributed by atoms with E-state index in [4.69, 9.17) is 16.2 Å². The second-order valence-electron chi connectivity index (χ2n) is 6.34. The smallest absolute Gasteiger partial charge is 0.311 e. The molecule has 4 N–H and O–H groups in total. The summed E-state index contributed by atoms with van der Waals surface area (Å²) in [6.45, 7) is 8.55. The van der Waals surface area contributed by atoms with Crippen LogP contribution in [-0.4, -0.2) is 5.97 Å². The van der Waals surface area contributed by atoms with E-state index in [1.54, 1.807) is 18.2 Å². The highest BCUT2D eigenvalue weighted by Crippen LogP contribution is 2.27. The molecule has 1 aromatic rings. The van der Waals surface area contributed by atoms with Crippen molar-refractivity contribution in [3.8, 4) is 5.75 Å². The van der Waals surface area contributed by atoms with Gasteiger partial charge in [-0.2, -0.15) is 0 Å². The molecule has 106 valence electrons. The molecule has 0 fully saturated rings. The lowest BCUT2D eigenvalue weighted by Crippen LogP contribution is -2.17. The van der Waals surface area contributed by atoms with Crippen LogP contribution in [0.5, 0.6) is 5.75 Å². The Labute approximate surface area is 115 Å². The van der Waals surface area contributed by atoms with Gasteiger partial charge in [-0.05, 0) is 29.9 Å². The lowest BCUT2D eigenvalue weighted by molar-refractivity contribution is -0.135. The van der Waals surface area contributed by atoms with Crippen LogP contribution in [0.25, 0.3) is 0 Å². The van der Waals surface area contributed by atoms with Crippen molar-refractivity contribution in [1.29, 1.82) is 0 Å². The van der Waals surface area contributed by atoms with Crippen LogP contribution < -0.4 is 16.2 Å². The highest BCUT2D eigenvalue weighted by atomic mass is 16.5. The Morgan fingerprint density at radius 1 is 1.26 bits per heavy atom. The number of hydrogen-bond donors (Lipinski definition) is 2. The first-order valence-corrected chi connectivity index (χ1v) is 6.53. The maximum Gasteiger partial charge on any atom is 0.311 e. The molecule has 1 aromatic carbocycles. The SMILES string of the molecule is CC(CC(=O)Oc1ccc(N)c(N)c1)CC(C)(C)C. The standard InChI is InChI=1S/C15H24N2O2/c1-10(9-15(2,3)4)7-14(18)19-11-5-6-12(16)13(17)8-11/h5-6,8,10H,7,9,16-17H2,1-4H3. The molecule has 1 atom stereocenters. The fraction of sp³-hybridized carbons (Fsp3) is 0.533. The molecule has 0 spiro atoms. The molecule has 19 heavy (non-hydrogen) atoms. The first-order valence-electron chi connectivity index (χ1n) is 6.53. The topological polar surface area (TPSA) is 78.3 Å².